The van der Waals surface area contributed by atoms with Crippen LogP contribution in [0.1, 0.15) is 20.3 Å². The molecular formula is C6H13FS2. The molecule has 0 saturated heterocycles. The van der Waals surface area contributed by atoms with Gasteiger partial charge in [0.1, 0.15) is 0 Å². The molecule has 0 radical (unpaired) electrons. The Morgan fingerprint density at radius 3 is 2.56 bits per heavy atom. The number of rotatable bonds is 5. The maximum atomic E-state index is 11.5. The summed E-state index contributed by atoms with van der Waals surface area (Å²) >= 11 is 0. The van der Waals surface area contributed by atoms with Crippen LogP contribution in [0.15, 0.2) is 0 Å². The minimum Gasteiger partial charge on any atom is -0.251 e. The van der Waals surface area contributed by atoms with E-state index in [1.54, 1.807) is 10.8 Å². The van der Waals surface area contributed by atoms with E-state index < -0.39 is 0 Å². The lowest BCUT2D eigenvalue weighted by Crippen LogP contribution is -1.83. The summed E-state index contributed by atoms with van der Waals surface area (Å²) < 4.78 is 11.5. The minimum absolute atomic E-state index is 0.175. The van der Waals surface area contributed by atoms with E-state index in [4.69, 9.17) is 0 Å². The summed E-state index contributed by atoms with van der Waals surface area (Å²) in [5, 5.41) is 0.662. The fourth-order valence-electron chi connectivity index (χ4n) is 0.298. The molecule has 0 aliphatic carbocycles. The van der Waals surface area contributed by atoms with Crippen LogP contribution in [0, 0.1) is 0 Å². The summed E-state index contributed by atoms with van der Waals surface area (Å²) in [7, 11) is 3.58. The Labute approximate surface area is 64.4 Å². The van der Waals surface area contributed by atoms with Gasteiger partial charge in [-0.15, -0.1) is 0 Å². The molecule has 0 saturated carbocycles. The van der Waals surface area contributed by atoms with Gasteiger partial charge in [0.05, 0.1) is 6.67 Å². The topological polar surface area (TPSA) is 0 Å². The zero-order chi connectivity index (χ0) is 7.11. The first-order valence-corrected chi connectivity index (χ1v) is 5.50. The quantitative estimate of drug-likeness (QED) is 0.457. The molecule has 56 valence electrons. The molecule has 0 N–H and O–H groups in total. The van der Waals surface area contributed by atoms with Crippen molar-refractivity contribution in [3.05, 3.63) is 0 Å². The van der Waals surface area contributed by atoms with Crippen LogP contribution in [0.5, 0.6) is 0 Å². The predicted octanol–water partition coefficient (Wildman–Crippen LogP) is 3.14. The molecule has 0 aromatic rings. The van der Waals surface area contributed by atoms with Crippen LogP contribution < -0.4 is 0 Å². The smallest absolute Gasteiger partial charge is 0.0902 e. The van der Waals surface area contributed by atoms with Gasteiger partial charge in [0.25, 0.3) is 0 Å². The van der Waals surface area contributed by atoms with Gasteiger partial charge >= 0.3 is 0 Å². The highest BCUT2D eigenvalue weighted by Crippen LogP contribution is 2.26. The second kappa shape index (κ2) is 6.75. The van der Waals surface area contributed by atoms with Gasteiger partial charge in [-0.3, -0.25) is 4.39 Å². The SMILES string of the molecule is CC(C)SSCCCF. The molecule has 0 unspecified atom stereocenters. The summed E-state index contributed by atoms with van der Waals surface area (Å²) in [4.78, 5) is 0. The first-order chi connectivity index (χ1) is 4.27. The van der Waals surface area contributed by atoms with Crippen LogP contribution >= 0.6 is 21.6 Å². The molecular weight excluding hydrogens is 155 g/mol. The van der Waals surface area contributed by atoms with Crippen molar-refractivity contribution in [2.45, 2.75) is 25.5 Å². The Balaban J connectivity index is 2.75. The molecule has 0 fully saturated rings. The lowest BCUT2D eigenvalue weighted by atomic mass is 10.6. The van der Waals surface area contributed by atoms with Gasteiger partial charge in [-0.25, -0.2) is 0 Å². The van der Waals surface area contributed by atoms with Crippen molar-refractivity contribution in [1.29, 1.82) is 0 Å². The van der Waals surface area contributed by atoms with Crippen molar-refractivity contribution in [2.75, 3.05) is 12.4 Å². The number of alkyl halides is 1. The van der Waals surface area contributed by atoms with Gasteiger partial charge in [0, 0.05) is 11.0 Å². The first-order valence-electron chi connectivity index (χ1n) is 3.11. The highest BCUT2D eigenvalue weighted by Gasteiger charge is 1.93. The lowest BCUT2D eigenvalue weighted by molar-refractivity contribution is 0.489. The van der Waals surface area contributed by atoms with Crippen LogP contribution in [0.25, 0.3) is 0 Å². The molecule has 9 heavy (non-hydrogen) atoms. The van der Waals surface area contributed by atoms with Crippen molar-refractivity contribution in [3.63, 3.8) is 0 Å². The van der Waals surface area contributed by atoms with Crippen LogP contribution in [0.3, 0.4) is 0 Å². The largest absolute Gasteiger partial charge is 0.251 e. The molecule has 0 spiro atoms. The van der Waals surface area contributed by atoms with Gasteiger partial charge in [-0.1, -0.05) is 35.4 Å². The predicted molar refractivity (Wildman–Crippen MR) is 45.8 cm³/mol. The van der Waals surface area contributed by atoms with Crippen molar-refractivity contribution in [3.8, 4) is 0 Å². The minimum atomic E-state index is -0.175. The van der Waals surface area contributed by atoms with E-state index in [0.29, 0.717) is 11.7 Å². The van der Waals surface area contributed by atoms with E-state index in [0.717, 1.165) is 5.75 Å². The van der Waals surface area contributed by atoms with E-state index >= 15 is 0 Å². The Kier molecular flexibility index (Phi) is 7.22. The molecule has 0 heterocycles. The Hall–Kier alpha value is 0.630. The summed E-state index contributed by atoms with van der Waals surface area (Å²) in [5.74, 6) is 0.944. The number of hydrogen-bond acceptors (Lipinski definition) is 2. The number of hydrogen-bond donors (Lipinski definition) is 0. The molecule has 0 aliphatic rings. The van der Waals surface area contributed by atoms with Gasteiger partial charge in [-0.2, -0.15) is 0 Å². The van der Waals surface area contributed by atoms with Crippen molar-refractivity contribution in [1.82, 2.24) is 0 Å². The van der Waals surface area contributed by atoms with Crippen molar-refractivity contribution in [2.24, 2.45) is 0 Å². The highest BCUT2D eigenvalue weighted by atomic mass is 33.1. The third-order valence-corrected chi connectivity index (χ3v) is 3.66. The number of halogens is 1. The maximum Gasteiger partial charge on any atom is 0.0902 e. The van der Waals surface area contributed by atoms with Crippen LogP contribution in [-0.2, 0) is 0 Å². The second-order valence-corrected chi connectivity index (χ2v) is 5.07. The van der Waals surface area contributed by atoms with Crippen LogP contribution in [0.2, 0.25) is 0 Å². The average Bonchev–Trinajstić information content (AvgIpc) is 1.80. The molecule has 0 atom stereocenters. The summed E-state index contributed by atoms with van der Waals surface area (Å²) in [6.45, 7) is 4.12. The Morgan fingerprint density at radius 2 is 2.11 bits per heavy atom. The van der Waals surface area contributed by atoms with Gasteiger partial charge in [0.15, 0.2) is 0 Å². The maximum absolute atomic E-state index is 11.5. The van der Waals surface area contributed by atoms with E-state index in [2.05, 4.69) is 13.8 Å². The van der Waals surface area contributed by atoms with Crippen molar-refractivity contribution < 1.29 is 4.39 Å². The molecule has 3 heteroatoms. The molecule has 0 aromatic carbocycles. The van der Waals surface area contributed by atoms with E-state index in [-0.39, 0.29) is 6.67 Å². The van der Waals surface area contributed by atoms with E-state index in [9.17, 15) is 4.39 Å². The van der Waals surface area contributed by atoms with Gasteiger partial charge in [-0.05, 0) is 6.42 Å². The van der Waals surface area contributed by atoms with E-state index in [1.807, 2.05) is 10.8 Å². The second-order valence-electron chi connectivity index (χ2n) is 2.01. The molecule has 0 aliphatic heterocycles. The third-order valence-electron chi connectivity index (χ3n) is 0.622. The fourth-order valence-corrected chi connectivity index (χ4v) is 2.35. The molecule has 0 aromatic heterocycles. The normalized spacial score (nSPS) is 10.7. The highest BCUT2D eigenvalue weighted by molar-refractivity contribution is 8.76. The van der Waals surface area contributed by atoms with Crippen LogP contribution in [0.4, 0.5) is 4.39 Å². The first kappa shape index (κ1) is 9.63. The van der Waals surface area contributed by atoms with Gasteiger partial charge < -0.3 is 0 Å². The van der Waals surface area contributed by atoms with Crippen LogP contribution in [-0.4, -0.2) is 17.7 Å². The average molecular weight is 168 g/mol. The zero-order valence-electron chi connectivity index (χ0n) is 5.89. The fraction of sp³-hybridized carbons (Fsp3) is 1.00. The van der Waals surface area contributed by atoms with Gasteiger partial charge in [0.2, 0.25) is 0 Å². The third kappa shape index (κ3) is 8.63. The monoisotopic (exact) mass is 168 g/mol. The molecule has 0 rings (SSSR count). The zero-order valence-corrected chi connectivity index (χ0v) is 7.53. The summed E-state index contributed by atoms with van der Waals surface area (Å²) in [5.41, 5.74) is 0. The molecule has 0 nitrogen and oxygen atoms in total. The summed E-state index contributed by atoms with van der Waals surface area (Å²) in [6.07, 6.45) is 0.699. The lowest BCUT2D eigenvalue weighted by Gasteiger charge is -2.00. The molecule has 0 amide bonds. The van der Waals surface area contributed by atoms with Crippen molar-refractivity contribution >= 4 is 21.6 Å². The van der Waals surface area contributed by atoms with E-state index in [1.165, 1.54) is 0 Å². The summed E-state index contributed by atoms with van der Waals surface area (Å²) in [6, 6.07) is 0. The molecule has 0 bridgehead atoms. The Bertz CT molecular complexity index is 57.0. The Morgan fingerprint density at radius 1 is 1.44 bits per heavy atom. The standard InChI is InChI=1S/C6H13FS2/c1-6(2)9-8-5-3-4-7/h6H,3-5H2,1-2H3.